The number of nitrogens with one attached hydrogen (secondary N) is 1. The molecule has 0 bridgehead atoms. The van der Waals surface area contributed by atoms with Crippen LogP contribution in [0.2, 0.25) is 0 Å². The highest BCUT2D eigenvalue weighted by Gasteiger charge is 2.12. The number of hydrogen-bond acceptors (Lipinski definition) is 4. The number of anilines is 1. The third kappa shape index (κ3) is 5.70. The Hall–Kier alpha value is -3.22. The molecule has 0 saturated carbocycles. The number of hydrogen-bond donors (Lipinski definition) is 1. The van der Waals surface area contributed by atoms with E-state index in [1.165, 1.54) is 0 Å². The first kappa shape index (κ1) is 19.1. The molecule has 2 aromatic rings. The third-order valence-corrected chi connectivity index (χ3v) is 3.21. The van der Waals surface area contributed by atoms with Crippen LogP contribution in [0.4, 0.5) is 19.3 Å². The average molecular weight is 361 g/mol. The standard InChI is InChI=1S/C19H17F2NO4/c1-2-25-18(23)9-8-15-16(20)10-14(11-17(15)21)22-19(24)26-12-13-6-4-3-5-7-13/h3-11H,2,12H2,1H3,(H,22,24)/b9-8+. The van der Waals surface area contributed by atoms with Gasteiger partial charge in [0.15, 0.2) is 0 Å². The van der Waals surface area contributed by atoms with Crippen LogP contribution in [0, 0.1) is 11.6 Å². The van der Waals surface area contributed by atoms with Gasteiger partial charge in [-0.2, -0.15) is 0 Å². The molecule has 0 spiro atoms. The second kappa shape index (κ2) is 9.31. The van der Waals surface area contributed by atoms with E-state index in [9.17, 15) is 18.4 Å². The first-order valence-electron chi connectivity index (χ1n) is 7.81. The molecule has 0 unspecified atom stereocenters. The molecule has 2 aromatic carbocycles. The molecule has 1 amide bonds. The molecule has 0 aromatic heterocycles. The van der Waals surface area contributed by atoms with Gasteiger partial charge in [0.05, 0.1) is 6.61 Å². The average Bonchev–Trinajstić information content (AvgIpc) is 2.60. The minimum absolute atomic E-state index is 0.0258. The highest BCUT2D eigenvalue weighted by Crippen LogP contribution is 2.20. The van der Waals surface area contributed by atoms with Crippen molar-refractivity contribution >= 4 is 23.8 Å². The summed E-state index contributed by atoms with van der Waals surface area (Å²) in [6.45, 7) is 1.80. The lowest BCUT2D eigenvalue weighted by atomic mass is 10.1. The summed E-state index contributed by atoms with van der Waals surface area (Å²) >= 11 is 0. The second-order valence-corrected chi connectivity index (χ2v) is 5.13. The quantitative estimate of drug-likeness (QED) is 0.616. The summed E-state index contributed by atoms with van der Waals surface area (Å²) in [5.74, 6) is -2.59. The highest BCUT2D eigenvalue weighted by molar-refractivity contribution is 5.88. The van der Waals surface area contributed by atoms with Gasteiger partial charge >= 0.3 is 12.1 Å². The molecule has 0 aliphatic carbocycles. The minimum atomic E-state index is -0.941. The molecule has 0 fully saturated rings. The SMILES string of the molecule is CCOC(=O)/C=C/c1c(F)cc(NC(=O)OCc2ccccc2)cc1F. The van der Waals surface area contributed by atoms with Gasteiger partial charge in [0.1, 0.15) is 18.2 Å². The Balaban J connectivity index is 2.00. The fourth-order valence-electron chi connectivity index (χ4n) is 2.03. The van der Waals surface area contributed by atoms with Gasteiger partial charge < -0.3 is 9.47 Å². The fourth-order valence-corrected chi connectivity index (χ4v) is 2.03. The zero-order valence-corrected chi connectivity index (χ0v) is 14.0. The lowest BCUT2D eigenvalue weighted by Gasteiger charge is -2.09. The Morgan fingerprint density at radius 1 is 1.08 bits per heavy atom. The zero-order chi connectivity index (χ0) is 18.9. The largest absolute Gasteiger partial charge is 0.463 e. The molecule has 0 radical (unpaired) electrons. The van der Waals surface area contributed by atoms with Crippen LogP contribution in [0.15, 0.2) is 48.5 Å². The summed E-state index contributed by atoms with van der Waals surface area (Å²) in [4.78, 5) is 22.9. The normalized spacial score (nSPS) is 10.6. The smallest absolute Gasteiger partial charge is 0.411 e. The number of halogens is 2. The van der Waals surface area contributed by atoms with Crippen molar-refractivity contribution in [3.8, 4) is 0 Å². The molecule has 0 aliphatic heterocycles. The third-order valence-electron chi connectivity index (χ3n) is 3.21. The molecule has 136 valence electrons. The molecule has 5 nitrogen and oxygen atoms in total. The van der Waals surface area contributed by atoms with E-state index in [1.807, 2.05) is 6.07 Å². The Morgan fingerprint density at radius 3 is 2.35 bits per heavy atom. The number of carbonyl (C=O) groups is 2. The van der Waals surface area contributed by atoms with Crippen molar-refractivity contribution in [2.24, 2.45) is 0 Å². The Morgan fingerprint density at radius 2 is 1.73 bits per heavy atom. The van der Waals surface area contributed by atoms with Crippen LogP contribution in [0.3, 0.4) is 0 Å². The molecule has 26 heavy (non-hydrogen) atoms. The lowest BCUT2D eigenvalue weighted by Crippen LogP contribution is -2.14. The summed E-state index contributed by atoms with van der Waals surface area (Å²) in [6, 6.07) is 10.8. The maximum absolute atomic E-state index is 14.0. The van der Waals surface area contributed by atoms with Crippen LogP contribution in [0.25, 0.3) is 6.08 Å². The van der Waals surface area contributed by atoms with E-state index in [1.54, 1.807) is 31.2 Å². The number of carbonyl (C=O) groups excluding carboxylic acids is 2. The molecule has 0 atom stereocenters. The molecule has 7 heteroatoms. The van der Waals surface area contributed by atoms with Crippen molar-refractivity contribution in [1.29, 1.82) is 0 Å². The monoisotopic (exact) mass is 361 g/mol. The van der Waals surface area contributed by atoms with Crippen molar-refractivity contribution in [3.05, 3.63) is 71.3 Å². The van der Waals surface area contributed by atoms with Gasteiger partial charge in [0, 0.05) is 17.3 Å². The molecular weight excluding hydrogens is 344 g/mol. The van der Waals surface area contributed by atoms with E-state index >= 15 is 0 Å². The van der Waals surface area contributed by atoms with Crippen LogP contribution in [0.5, 0.6) is 0 Å². The van der Waals surface area contributed by atoms with E-state index in [0.29, 0.717) is 0 Å². The van der Waals surface area contributed by atoms with Crippen molar-refractivity contribution in [2.75, 3.05) is 11.9 Å². The van der Waals surface area contributed by atoms with E-state index in [-0.39, 0.29) is 18.9 Å². The van der Waals surface area contributed by atoms with Crippen LogP contribution >= 0.6 is 0 Å². The predicted molar refractivity (Wildman–Crippen MR) is 92.3 cm³/mol. The molecule has 0 heterocycles. The van der Waals surface area contributed by atoms with Crippen molar-refractivity contribution in [2.45, 2.75) is 13.5 Å². The van der Waals surface area contributed by atoms with Crippen molar-refractivity contribution in [1.82, 2.24) is 0 Å². The number of ether oxygens (including phenoxy) is 2. The zero-order valence-electron chi connectivity index (χ0n) is 14.0. The van der Waals surface area contributed by atoms with Gasteiger partial charge in [0.25, 0.3) is 0 Å². The van der Waals surface area contributed by atoms with Crippen LogP contribution in [-0.2, 0) is 20.9 Å². The summed E-state index contributed by atoms with van der Waals surface area (Å²) in [5, 5.41) is 2.25. The summed E-state index contributed by atoms with van der Waals surface area (Å²) in [6.07, 6.45) is 1.05. The second-order valence-electron chi connectivity index (χ2n) is 5.13. The highest BCUT2D eigenvalue weighted by atomic mass is 19.1. The topological polar surface area (TPSA) is 64.6 Å². The summed E-state index contributed by atoms with van der Waals surface area (Å²) < 4.78 is 37.6. The first-order chi connectivity index (χ1) is 12.5. The first-order valence-corrected chi connectivity index (χ1v) is 7.81. The number of esters is 1. The molecule has 0 aliphatic rings. The minimum Gasteiger partial charge on any atom is -0.463 e. The Labute approximate surface area is 149 Å². The van der Waals surface area contributed by atoms with Gasteiger partial charge in [-0.25, -0.2) is 18.4 Å². The molecule has 2 rings (SSSR count). The van der Waals surface area contributed by atoms with Crippen LogP contribution in [0.1, 0.15) is 18.1 Å². The van der Waals surface area contributed by atoms with Crippen LogP contribution in [-0.4, -0.2) is 18.7 Å². The Bertz CT molecular complexity index is 783. The van der Waals surface area contributed by atoms with Gasteiger partial charge in [-0.3, -0.25) is 5.32 Å². The number of amides is 1. The molecule has 0 saturated heterocycles. The fraction of sp³-hybridized carbons (Fsp3) is 0.158. The maximum atomic E-state index is 14.0. The lowest BCUT2D eigenvalue weighted by molar-refractivity contribution is -0.137. The number of benzene rings is 2. The number of rotatable bonds is 6. The van der Waals surface area contributed by atoms with Gasteiger partial charge in [-0.15, -0.1) is 0 Å². The Kier molecular flexibility index (Phi) is 6.84. The van der Waals surface area contributed by atoms with Crippen molar-refractivity contribution in [3.63, 3.8) is 0 Å². The van der Waals surface area contributed by atoms with Gasteiger partial charge in [0.2, 0.25) is 0 Å². The van der Waals surface area contributed by atoms with Crippen LogP contribution < -0.4 is 5.32 Å². The summed E-state index contributed by atoms with van der Waals surface area (Å²) in [7, 11) is 0. The molecular formula is C19H17F2NO4. The van der Waals surface area contributed by atoms with E-state index < -0.39 is 29.3 Å². The summed E-state index contributed by atoms with van der Waals surface area (Å²) in [5.41, 5.74) is 0.257. The maximum Gasteiger partial charge on any atom is 0.411 e. The molecule has 1 N–H and O–H groups in total. The predicted octanol–water partition coefficient (Wildman–Crippen LogP) is 4.29. The van der Waals surface area contributed by atoms with Gasteiger partial charge in [-0.05, 0) is 30.7 Å². The van der Waals surface area contributed by atoms with Gasteiger partial charge in [-0.1, -0.05) is 30.3 Å². The van der Waals surface area contributed by atoms with Crippen molar-refractivity contribution < 1.29 is 27.8 Å². The van der Waals surface area contributed by atoms with E-state index in [4.69, 9.17) is 4.74 Å². The van der Waals surface area contributed by atoms with E-state index in [0.717, 1.165) is 29.8 Å². The van der Waals surface area contributed by atoms with E-state index in [2.05, 4.69) is 10.1 Å².